The normalized spacial score (nSPS) is 19.5. The largest absolute Gasteiger partial charge is 0.274 e. The average Bonchev–Trinajstić information content (AvgIpc) is 3.09. The maximum absolute atomic E-state index is 13.5. The minimum atomic E-state index is -4.12. The van der Waals surface area contributed by atoms with E-state index in [1.54, 1.807) is 30.3 Å². The predicted molar refractivity (Wildman–Crippen MR) is 119 cm³/mol. The SMILES string of the molecule is O=C1CC(N(CCC2=CCCCC2)S(=O)(=O)c2ccc(F)cc2)C(=O)N1c1ccccc1. The number of halogens is 1. The van der Waals surface area contributed by atoms with Crippen LogP contribution in [0.2, 0.25) is 0 Å². The minimum Gasteiger partial charge on any atom is -0.274 e. The Labute approximate surface area is 187 Å². The van der Waals surface area contributed by atoms with Crippen molar-refractivity contribution >= 4 is 27.5 Å². The van der Waals surface area contributed by atoms with E-state index in [1.165, 1.54) is 12.1 Å². The van der Waals surface area contributed by atoms with E-state index in [0.717, 1.165) is 52.6 Å². The van der Waals surface area contributed by atoms with Gasteiger partial charge in [0.05, 0.1) is 17.0 Å². The van der Waals surface area contributed by atoms with Gasteiger partial charge in [0.25, 0.3) is 5.91 Å². The molecule has 0 radical (unpaired) electrons. The topological polar surface area (TPSA) is 74.8 Å². The predicted octanol–water partition coefficient (Wildman–Crippen LogP) is 4.04. The molecular weight excluding hydrogens is 431 g/mol. The molecule has 32 heavy (non-hydrogen) atoms. The molecule has 1 heterocycles. The molecule has 4 rings (SSSR count). The number of hydrogen-bond acceptors (Lipinski definition) is 4. The number of imide groups is 1. The molecule has 1 aliphatic heterocycles. The van der Waals surface area contributed by atoms with Crippen molar-refractivity contribution in [1.82, 2.24) is 4.31 Å². The van der Waals surface area contributed by atoms with Gasteiger partial charge in [0, 0.05) is 6.54 Å². The summed E-state index contributed by atoms with van der Waals surface area (Å²) in [6.45, 7) is 0.0812. The second-order valence-electron chi connectivity index (χ2n) is 8.05. The number of para-hydroxylation sites is 1. The Morgan fingerprint density at radius 2 is 1.72 bits per heavy atom. The Balaban J connectivity index is 1.67. The number of sulfonamides is 1. The molecular formula is C24H25FN2O4S. The molecule has 0 saturated carbocycles. The molecule has 1 saturated heterocycles. The summed E-state index contributed by atoms with van der Waals surface area (Å²) in [4.78, 5) is 27.0. The molecule has 1 atom stereocenters. The molecule has 2 aromatic rings. The number of amides is 2. The second-order valence-corrected chi connectivity index (χ2v) is 9.94. The summed E-state index contributed by atoms with van der Waals surface area (Å²) in [5, 5.41) is 0. The van der Waals surface area contributed by atoms with Crippen molar-refractivity contribution < 1.29 is 22.4 Å². The van der Waals surface area contributed by atoms with Crippen LogP contribution < -0.4 is 4.90 Å². The van der Waals surface area contributed by atoms with E-state index in [0.29, 0.717) is 12.1 Å². The molecule has 168 valence electrons. The molecule has 0 N–H and O–H groups in total. The van der Waals surface area contributed by atoms with Gasteiger partial charge in [-0.2, -0.15) is 4.31 Å². The number of hydrogen-bond donors (Lipinski definition) is 0. The third-order valence-corrected chi connectivity index (χ3v) is 7.87. The van der Waals surface area contributed by atoms with Crippen LogP contribution in [0.25, 0.3) is 0 Å². The Hall–Kier alpha value is -2.84. The number of benzene rings is 2. The fraction of sp³-hybridized carbons (Fsp3) is 0.333. The lowest BCUT2D eigenvalue weighted by atomic mass is 9.97. The summed E-state index contributed by atoms with van der Waals surface area (Å²) >= 11 is 0. The van der Waals surface area contributed by atoms with Crippen molar-refractivity contribution in [3.63, 3.8) is 0 Å². The first kappa shape index (κ1) is 22.4. The quantitative estimate of drug-likeness (QED) is 0.466. The molecule has 1 fully saturated rings. The highest BCUT2D eigenvalue weighted by Crippen LogP contribution is 2.30. The number of anilines is 1. The van der Waals surface area contributed by atoms with Crippen LogP contribution in [0.4, 0.5) is 10.1 Å². The molecule has 2 amide bonds. The van der Waals surface area contributed by atoms with Crippen LogP contribution in [0.3, 0.4) is 0 Å². The van der Waals surface area contributed by atoms with Crippen LogP contribution in [-0.2, 0) is 19.6 Å². The molecule has 6 nitrogen and oxygen atoms in total. The Bertz CT molecular complexity index is 1130. The van der Waals surface area contributed by atoms with E-state index < -0.39 is 33.7 Å². The molecule has 1 aliphatic carbocycles. The maximum atomic E-state index is 13.5. The Morgan fingerprint density at radius 3 is 2.38 bits per heavy atom. The number of allylic oxidation sites excluding steroid dienone is 1. The maximum Gasteiger partial charge on any atom is 0.252 e. The van der Waals surface area contributed by atoms with Crippen molar-refractivity contribution in [3.8, 4) is 0 Å². The molecule has 2 aromatic carbocycles. The molecule has 0 bridgehead atoms. The number of carbonyl (C=O) groups is 2. The Kier molecular flexibility index (Phi) is 6.53. The van der Waals surface area contributed by atoms with Crippen LogP contribution >= 0.6 is 0 Å². The van der Waals surface area contributed by atoms with Gasteiger partial charge in [0.1, 0.15) is 11.9 Å². The second kappa shape index (κ2) is 9.34. The first-order valence-corrected chi connectivity index (χ1v) is 12.2. The van der Waals surface area contributed by atoms with E-state index in [9.17, 15) is 22.4 Å². The summed E-state index contributed by atoms with van der Waals surface area (Å²) in [5.74, 6) is -1.56. The van der Waals surface area contributed by atoms with Crippen molar-refractivity contribution in [2.45, 2.75) is 49.5 Å². The summed E-state index contributed by atoms with van der Waals surface area (Å²) < 4.78 is 41.5. The number of nitrogens with zero attached hydrogens (tertiary/aromatic N) is 2. The Morgan fingerprint density at radius 1 is 1.00 bits per heavy atom. The number of rotatable bonds is 7. The summed E-state index contributed by atoms with van der Waals surface area (Å²) in [7, 11) is -4.12. The van der Waals surface area contributed by atoms with Gasteiger partial charge in [-0.3, -0.25) is 9.59 Å². The highest BCUT2D eigenvalue weighted by atomic mass is 32.2. The van der Waals surface area contributed by atoms with Gasteiger partial charge in [-0.05, 0) is 68.5 Å². The molecule has 0 aromatic heterocycles. The summed E-state index contributed by atoms with van der Waals surface area (Å²) in [6.07, 6.45) is 6.42. The van der Waals surface area contributed by atoms with Crippen molar-refractivity contribution in [2.24, 2.45) is 0 Å². The zero-order valence-corrected chi connectivity index (χ0v) is 18.4. The van der Waals surface area contributed by atoms with Gasteiger partial charge in [0.2, 0.25) is 15.9 Å². The molecule has 2 aliphatic rings. The van der Waals surface area contributed by atoms with E-state index in [-0.39, 0.29) is 17.9 Å². The standard InChI is InChI=1S/C24H25FN2O4S/c25-19-11-13-21(14-12-19)32(30,31)26(16-15-18-7-3-1-4-8-18)22-17-23(28)27(24(22)29)20-9-5-2-6-10-20/h2,5-7,9-14,22H,1,3-4,8,15-17H2. The van der Waals surface area contributed by atoms with Crippen LogP contribution in [0.5, 0.6) is 0 Å². The third-order valence-electron chi connectivity index (χ3n) is 5.94. The van der Waals surface area contributed by atoms with E-state index in [4.69, 9.17) is 0 Å². The van der Waals surface area contributed by atoms with Crippen molar-refractivity contribution in [2.75, 3.05) is 11.4 Å². The van der Waals surface area contributed by atoms with Gasteiger partial charge in [-0.15, -0.1) is 0 Å². The smallest absolute Gasteiger partial charge is 0.252 e. The first-order valence-electron chi connectivity index (χ1n) is 10.7. The fourth-order valence-corrected chi connectivity index (χ4v) is 5.84. The van der Waals surface area contributed by atoms with Gasteiger partial charge < -0.3 is 0 Å². The molecule has 1 unspecified atom stereocenters. The monoisotopic (exact) mass is 456 g/mol. The average molecular weight is 457 g/mol. The third kappa shape index (κ3) is 4.52. The lowest BCUT2D eigenvalue weighted by Gasteiger charge is -2.27. The van der Waals surface area contributed by atoms with Crippen molar-refractivity contribution in [3.05, 3.63) is 72.1 Å². The summed E-state index contributed by atoms with van der Waals surface area (Å²) in [5.41, 5.74) is 1.58. The summed E-state index contributed by atoms with van der Waals surface area (Å²) in [6, 6.07) is 11.9. The van der Waals surface area contributed by atoms with Crippen LogP contribution in [-0.4, -0.2) is 37.1 Å². The first-order chi connectivity index (χ1) is 15.4. The highest BCUT2D eigenvalue weighted by Gasteiger charge is 2.46. The van der Waals surface area contributed by atoms with Gasteiger partial charge in [-0.25, -0.2) is 17.7 Å². The van der Waals surface area contributed by atoms with Crippen LogP contribution in [0.1, 0.15) is 38.5 Å². The lowest BCUT2D eigenvalue weighted by Crippen LogP contribution is -2.46. The van der Waals surface area contributed by atoms with E-state index in [1.807, 2.05) is 0 Å². The fourth-order valence-electron chi connectivity index (χ4n) is 4.26. The van der Waals surface area contributed by atoms with Crippen LogP contribution in [0.15, 0.2) is 71.1 Å². The highest BCUT2D eigenvalue weighted by molar-refractivity contribution is 7.89. The lowest BCUT2D eigenvalue weighted by molar-refractivity contribution is -0.122. The molecule has 8 heteroatoms. The van der Waals surface area contributed by atoms with E-state index in [2.05, 4.69) is 6.08 Å². The van der Waals surface area contributed by atoms with Crippen LogP contribution in [0, 0.1) is 5.82 Å². The van der Waals surface area contributed by atoms with Gasteiger partial charge >= 0.3 is 0 Å². The minimum absolute atomic E-state index is 0.0812. The zero-order chi connectivity index (χ0) is 22.7. The van der Waals surface area contributed by atoms with Gasteiger partial charge in [0.15, 0.2) is 0 Å². The molecule has 0 spiro atoms. The zero-order valence-electron chi connectivity index (χ0n) is 17.6. The van der Waals surface area contributed by atoms with Crippen molar-refractivity contribution in [1.29, 1.82) is 0 Å². The number of carbonyl (C=O) groups excluding carboxylic acids is 2. The van der Waals surface area contributed by atoms with E-state index >= 15 is 0 Å². The van der Waals surface area contributed by atoms with Gasteiger partial charge in [-0.1, -0.05) is 29.8 Å².